The number of nitrogens with one attached hydrogen (secondary N) is 2. The van der Waals surface area contributed by atoms with Gasteiger partial charge in [0, 0.05) is 5.56 Å². The Morgan fingerprint density at radius 3 is 2.71 bits per heavy atom. The van der Waals surface area contributed by atoms with Gasteiger partial charge in [-0.25, -0.2) is 4.98 Å². The third-order valence-electron chi connectivity index (χ3n) is 3.93. The van der Waals surface area contributed by atoms with E-state index >= 15 is 0 Å². The van der Waals surface area contributed by atoms with Gasteiger partial charge in [0.1, 0.15) is 5.82 Å². The summed E-state index contributed by atoms with van der Waals surface area (Å²) in [7, 11) is 3.28. The second kappa shape index (κ2) is 6.18. The minimum atomic E-state index is 0.340. The maximum absolute atomic E-state index is 5.35. The molecule has 0 aliphatic carbocycles. The topological polar surface area (TPSA) is 59.2 Å². The highest BCUT2D eigenvalue weighted by molar-refractivity contribution is 5.63. The van der Waals surface area contributed by atoms with E-state index in [0.717, 1.165) is 41.5 Å². The highest BCUT2D eigenvalue weighted by atomic mass is 16.5. The zero-order valence-electron chi connectivity index (χ0n) is 12.5. The van der Waals surface area contributed by atoms with E-state index in [9.17, 15) is 0 Å². The molecule has 1 fully saturated rings. The Balaban J connectivity index is 1.85. The average molecular weight is 287 g/mol. The van der Waals surface area contributed by atoms with E-state index in [0.29, 0.717) is 6.04 Å². The van der Waals surface area contributed by atoms with Gasteiger partial charge in [-0.3, -0.25) is 0 Å². The number of ether oxygens (including phenoxy) is 2. The molecule has 21 heavy (non-hydrogen) atoms. The van der Waals surface area contributed by atoms with Crippen LogP contribution < -0.4 is 14.8 Å². The Labute approximate surface area is 124 Å². The van der Waals surface area contributed by atoms with Crippen LogP contribution in [0.5, 0.6) is 11.5 Å². The molecule has 2 heterocycles. The smallest absolute Gasteiger partial charge is 0.161 e. The molecule has 1 aliphatic rings. The monoisotopic (exact) mass is 287 g/mol. The summed E-state index contributed by atoms with van der Waals surface area (Å²) in [5.41, 5.74) is 2.04. The second-order valence-electron chi connectivity index (χ2n) is 5.25. The minimum absolute atomic E-state index is 0.340. The molecule has 1 aliphatic heterocycles. The molecule has 2 N–H and O–H groups in total. The van der Waals surface area contributed by atoms with Crippen LogP contribution in [0.2, 0.25) is 0 Å². The van der Waals surface area contributed by atoms with E-state index in [1.54, 1.807) is 14.2 Å². The number of imidazole rings is 1. The number of nitrogens with zero attached hydrogens (tertiary/aromatic N) is 1. The van der Waals surface area contributed by atoms with Crippen molar-refractivity contribution in [3.63, 3.8) is 0 Å². The molecular formula is C16H21N3O2. The summed E-state index contributed by atoms with van der Waals surface area (Å²) in [5, 5.41) is 3.50. The predicted octanol–water partition coefficient (Wildman–Crippen LogP) is 2.91. The molecule has 3 rings (SSSR count). The molecule has 1 saturated heterocycles. The van der Waals surface area contributed by atoms with Gasteiger partial charge in [-0.15, -0.1) is 0 Å². The summed E-state index contributed by atoms with van der Waals surface area (Å²) in [5.74, 6) is 2.47. The lowest BCUT2D eigenvalue weighted by Gasteiger charge is -2.21. The molecule has 0 saturated carbocycles. The van der Waals surface area contributed by atoms with E-state index in [-0.39, 0.29) is 0 Å². The first-order valence-electron chi connectivity index (χ1n) is 7.32. The Morgan fingerprint density at radius 1 is 1.14 bits per heavy atom. The van der Waals surface area contributed by atoms with Gasteiger partial charge in [0.25, 0.3) is 0 Å². The predicted molar refractivity (Wildman–Crippen MR) is 81.7 cm³/mol. The largest absolute Gasteiger partial charge is 0.493 e. The van der Waals surface area contributed by atoms with Gasteiger partial charge in [0.2, 0.25) is 0 Å². The maximum Gasteiger partial charge on any atom is 0.161 e. The fourth-order valence-corrected chi connectivity index (χ4v) is 2.75. The summed E-state index contributed by atoms with van der Waals surface area (Å²) in [6.45, 7) is 1.07. The van der Waals surface area contributed by atoms with Gasteiger partial charge >= 0.3 is 0 Å². The van der Waals surface area contributed by atoms with Crippen molar-refractivity contribution >= 4 is 0 Å². The van der Waals surface area contributed by atoms with Crippen LogP contribution in [0.25, 0.3) is 11.3 Å². The number of H-pyrrole nitrogens is 1. The van der Waals surface area contributed by atoms with Crippen LogP contribution in [0.1, 0.15) is 31.1 Å². The van der Waals surface area contributed by atoms with Crippen molar-refractivity contribution in [3.8, 4) is 22.8 Å². The zero-order valence-corrected chi connectivity index (χ0v) is 12.5. The molecule has 5 heteroatoms. The normalized spacial score (nSPS) is 18.5. The number of aromatic nitrogens is 2. The molecule has 112 valence electrons. The lowest BCUT2D eigenvalue weighted by Crippen LogP contribution is -2.27. The van der Waals surface area contributed by atoms with Crippen molar-refractivity contribution in [2.24, 2.45) is 0 Å². The van der Waals surface area contributed by atoms with Crippen molar-refractivity contribution in [1.29, 1.82) is 0 Å². The number of methoxy groups -OCH3 is 2. The quantitative estimate of drug-likeness (QED) is 0.907. The zero-order chi connectivity index (χ0) is 14.7. The second-order valence-corrected chi connectivity index (χ2v) is 5.25. The number of aromatic amines is 1. The average Bonchev–Trinajstić information content (AvgIpc) is 3.05. The summed E-state index contributed by atoms with van der Waals surface area (Å²) >= 11 is 0. The van der Waals surface area contributed by atoms with Crippen molar-refractivity contribution in [2.45, 2.75) is 25.3 Å². The van der Waals surface area contributed by atoms with Gasteiger partial charge in [-0.05, 0) is 37.6 Å². The SMILES string of the molecule is COc1ccc(-c2cnc(C3CCCCN3)[nH]2)cc1OC. The highest BCUT2D eigenvalue weighted by Gasteiger charge is 2.18. The highest BCUT2D eigenvalue weighted by Crippen LogP contribution is 2.32. The molecule has 1 unspecified atom stereocenters. The lowest BCUT2D eigenvalue weighted by molar-refractivity contribution is 0.355. The van der Waals surface area contributed by atoms with E-state index in [1.165, 1.54) is 12.8 Å². The Morgan fingerprint density at radius 2 is 2.00 bits per heavy atom. The molecule has 1 aromatic carbocycles. The van der Waals surface area contributed by atoms with Gasteiger partial charge in [0.05, 0.1) is 32.2 Å². The number of hydrogen-bond donors (Lipinski definition) is 2. The Bertz CT molecular complexity index is 603. The van der Waals surface area contributed by atoms with Crippen molar-refractivity contribution in [3.05, 3.63) is 30.2 Å². The lowest BCUT2D eigenvalue weighted by atomic mass is 10.0. The van der Waals surface area contributed by atoms with Gasteiger partial charge in [0.15, 0.2) is 11.5 Å². The molecule has 1 atom stereocenters. The first kappa shape index (κ1) is 13.9. The Kier molecular flexibility index (Phi) is 4.10. The van der Waals surface area contributed by atoms with Crippen molar-refractivity contribution in [1.82, 2.24) is 15.3 Å². The molecule has 2 aromatic rings. The number of rotatable bonds is 4. The Hall–Kier alpha value is -2.01. The summed E-state index contributed by atoms with van der Waals surface area (Å²) < 4.78 is 10.6. The maximum atomic E-state index is 5.35. The van der Waals surface area contributed by atoms with E-state index in [2.05, 4.69) is 15.3 Å². The number of piperidine rings is 1. The fraction of sp³-hybridized carbons (Fsp3) is 0.438. The minimum Gasteiger partial charge on any atom is -0.493 e. The van der Waals surface area contributed by atoms with Crippen LogP contribution in [-0.4, -0.2) is 30.7 Å². The molecular weight excluding hydrogens is 266 g/mol. The molecule has 1 aromatic heterocycles. The third-order valence-corrected chi connectivity index (χ3v) is 3.93. The van der Waals surface area contributed by atoms with Crippen LogP contribution in [0.15, 0.2) is 24.4 Å². The third kappa shape index (κ3) is 2.88. The van der Waals surface area contributed by atoms with Crippen molar-refractivity contribution in [2.75, 3.05) is 20.8 Å². The van der Waals surface area contributed by atoms with Gasteiger partial charge in [-0.2, -0.15) is 0 Å². The van der Waals surface area contributed by atoms with Crippen LogP contribution >= 0.6 is 0 Å². The molecule has 0 amide bonds. The van der Waals surface area contributed by atoms with Gasteiger partial charge < -0.3 is 19.8 Å². The fourth-order valence-electron chi connectivity index (χ4n) is 2.75. The van der Waals surface area contributed by atoms with Crippen LogP contribution in [0.4, 0.5) is 0 Å². The molecule has 5 nitrogen and oxygen atoms in total. The standard InChI is InChI=1S/C16H21N3O2/c1-20-14-7-6-11(9-15(14)21-2)13-10-18-16(19-13)12-5-3-4-8-17-12/h6-7,9-10,12,17H,3-5,8H2,1-2H3,(H,18,19). The number of hydrogen-bond acceptors (Lipinski definition) is 4. The molecule has 0 spiro atoms. The first-order chi connectivity index (χ1) is 10.3. The van der Waals surface area contributed by atoms with Gasteiger partial charge in [-0.1, -0.05) is 6.42 Å². The molecule has 0 bridgehead atoms. The summed E-state index contributed by atoms with van der Waals surface area (Å²) in [6.07, 6.45) is 5.52. The number of benzene rings is 1. The van der Waals surface area contributed by atoms with E-state index in [1.807, 2.05) is 24.4 Å². The summed E-state index contributed by atoms with van der Waals surface area (Å²) in [4.78, 5) is 7.94. The summed E-state index contributed by atoms with van der Waals surface area (Å²) in [6, 6.07) is 6.22. The first-order valence-corrected chi connectivity index (χ1v) is 7.32. The van der Waals surface area contributed by atoms with Crippen LogP contribution in [0.3, 0.4) is 0 Å². The van der Waals surface area contributed by atoms with E-state index in [4.69, 9.17) is 9.47 Å². The molecule has 0 radical (unpaired) electrons. The van der Waals surface area contributed by atoms with E-state index < -0.39 is 0 Å². The van der Waals surface area contributed by atoms with Crippen LogP contribution in [-0.2, 0) is 0 Å². The van der Waals surface area contributed by atoms with Crippen LogP contribution in [0, 0.1) is 0 Å². The van der Waals surface area contributed by atoms with Crippen molar-refractivity contribution < 1.29 is 9.47 Å².